The Balaban J connectivity index is 2.21. The van der Waals surface area contributed by atoms with Gasteiger partial charge in [0.2, 0.25) is 0 Å². The summed E-state index contributed by atoms with van der Waals surface area (Å²) in [4.78, 5) is 17.5. The van der Waals surface area contributed by atoms with E-state index in [0.29, 0.717) is 17.1 Å². The molecule has 0 aromatic carbocycles. The number of alkyl halides is 2. The molecule has 2 rings (SSSR count). The van der Waals surface area contributed by atoms with Gasteiger partial charge >= 0.3 is 0 Å². The fourth-order valence-electron chi connectivity index (χ4n) is 2.09. The van der Waals surface area contributed by atoms with E-state index in [2.05, 4.69) is 4.98 Å². The number of aromatic nitrogens is 1. The first-order chi connectivity index (χ1) is 8.91. The third-order valence-electron chi connectivity index (χ3n) is 3.15. The molecule has 1 aliphatic heterocycles. The number of rotatable bonds is 2. The number of amides is 1. The number of aryl methyl sites for hydroxylation is 1. The van der Waals surface area contributed by atoms with Crippen molar-refractivity contribution in [2.24, 2.45) is 5.84 Å². The van der Waals surface area contributed by atoms with Gasteiger partial charge in [-0.25, -0.2) is 19.6 Å². The lowest BCUT2D eigenvalue weighted by atomic mass is 10.1. The van der Waals surface area contributed by atoms with Crippen LogP contribution in [0.5, 0.6) is 0 Å². The molecule has 1 aromatic heterocycles. The predicted molar refractivity (Wildman–Crippen MR) is 67.0 cm³/mol. The van der Waals surface area contributed by atoms with Crippen LogP contribution < -0.4 is 16.2 Å². The Labute approximate surface area is 109 Å². The lowest BCUT2D eigenvalue weighted by molar-refractivity contribution is -0.0221. The zero-order chi connectivity index (χ0) is 14.0. The topological polar surface area (TPSA) is 71.2 Å². The van der Waals surface area contributed by atoms with Gasteiger partial charge in [0, 0.05) is 37.2 Å². The first-order valence-electron chi connectivity index (χ1n) is 6.04. The first kappa shape index (κ1) is 13.7. The maximum Gasteiger partial charge on any atom is 0.265 e. The second-order valence-electron chi connectivity index (χ2n) is 4.67. The van der Waals surface area contributed by atoms with E-state index < -0.39 is 11.8 Å². The molecular formula is C12H16F2N4O. The lowest BCUT2D eigenvalue weighted by Crippen LogP contribution is -2.40. The lowest BCUT2D eigenvalue weighted by Gasteiger charge is -2.32. The number of piperidine rings is 1. The van der Waals surface area contributed by atoms with Crippen molar-refractivity contribution < 1.29 is 13.6 Å². The fourth-order valence-corrected chi connectivity index (χ4v) is 2.09. The molecule has 1 fully saturated rings. The normalized spacial score (nSPS) is 18.2. The summed E-state index contributed by atoms with van der Waals surface area (Å²) in [5, 5.41) is 0. The number of anilines is 1. The number of carbonyl (C=O) groups excluding carboxylic acids is 1. The van der Waals surface area contributed by atoms with Crippen molar-refractivity contribution in [2.45, 2.75) is 25.7 Å². The molecule has 19 heavy (non-hydrogen) atoms. The van der Waals surface area contributed by atoms with Crippen LogP contribution in [0.1, 0.15) is 28.9 Å². The summed E-state index contributed by atoms with van der Waals surface area (Å²) in [7, 11) is 0. The van der Waals surface area contributed by atoms with Gasteiger partial charge in [0.25, 0.3) is 11.8 Å². The van der Waals surface area contributed by atoms with Crippen LogP contribution in [-0.4, -0.2) is 29.9 Å². The highest BCUT2D eigenvalue weighted by molar-refractivity contribution is 5.94. The van der Waals surface area contributed by atoms with E-state index in [9.17, 15) is 13.6 Å². The predicted octanol–water partition coefficient (Wildman–Crippen LogP) is 1.23. The Bertz CT molecular complexity index is 483. The highest BCUT2D eigenvalue weighted by atomic mass is 19.3. The molecule has 104 valence electrons. The summed E-state index contributed by atoms with van der Waals surface area (Å²) in [6.07, 6.45) is -0.387. The molecule has 7 heteroatoms. The number of nitrogens with one attached hydrogen (secondary N) is 1. The molecule has 0 radical (unpaired) electrons. The molecule has 0 unspecified atom stereocenters. The molecule has 5 nitrogen and oxygen atoms in total. The quantitative estimate of drug-likeness (QED) is 0.481. The highest BCUT2D eigenvalue weighted by Crippen LogP contribution is 2.30. The maximum atomic E-state index is 13.1. The van der Waals surface area contributed by atoms with Crippen LogP contribution in [0.15, 0.2) is 12.1 Å². The third-order valence-corrected chi connectivity index (χ3v) is 3.15. The Kier molecular flexibility index (Phi) is 3.66. The van der Waals surface area contributed by atoms with Gasteiger partial charge < -0.3 is 4.90 Å². The summed E-state index contributed by atoms with van der Waals surface area (Å²) in [5.74, 6) is 2.60. The van der Waals surface area contributed by atoms with Crippen LogP contribution in [0.2, 0.25) is 0 Å². The first-order valence-corrected chi connectivity index (χ1v) is 6.04. The van der Waals surface area contributed by atoms with Crippen molar-refractivity contribution in [1.29, 1.82) is 0 Å². The number of nitrogen functional groups attached to an aromatic ring is 1. The fraction of sp³-hybridized carbons (Fsp3) is 0.500. The minimum absolute atomic E-state index is 0.193. The zero-order valence-electron chi connectivity index (χ0n) is 10.6. The molecule has 0 aliphatic carbocycles. The summed E-state index contributed by atoms with van der Waals surface area (Å²) < 4.78 is 26.2. The molecule has 0 spiro atoms. The van der Waals surface area contributed by atoms with Gasteiger partial charge in [-0.1, -0.05) is 0 Å². The van der Waals surface area contributed by atoms with Gasteiger partial charge in [0.15, 0.2) is 0 Å². The van der Waals surface area contributed by atoms with Gasteiger partial charge in [-0.2, -0.15) is 0 Å². The summed E-state index contributed by atoms with van der Waals surface area (Å²) in [6.45, 7) is 2.20. The Hall–Kier alpha value is -1.76. The molecule has 1 aliphatic rings. The summed E-state index contributed by atoms with van der Waals surface area (Å²) in [6, 6.07) is 3.17. The van der Waals surface area contributed by atoms with Crippen LogP contribution in [-0.2, 0) is 0 Å². The van der Waals surface area contributed by atoms with Crippen molar-refractivity contribution in [3.8, 4) is 0 Å². The Morgan fingerprint density at radius 1 is 1.42 bits per heavy atom. The second kappa shape index (κ2) is 5.08. The number of nitrogens with two attached hydrogens (primary N) is 1. The summed E-state index contributed by atoms with van der Waals surface area (Å²) in [5.41, 5.74) is 3.07. The number of carbonyl (C=O) groups is 1. The average molecular weight is 270 g/mol. The van der Waals surface area contributed by atoms with Crippen LogP contribution in [0.25, 0.3) is 0 Å². The minimum atomic E-state index is -2.60. The average Bonchev–Trinajstić information content (AvgIpc) is 2.37. The van der Waals surface area contributed by atoms with E-state index in [4.69, 9.17) is 5.84 Å². The van der Waals surface area contributed by atoms with Gasteiger partial charge in [-0.3, -0.25) is 10.2 Å². The standard InChI is InChI=1S/C12H16F2N4O/c1-8-6-9(11(19)17-15)7-10(16-8)18-4-2-12(13,14)3-5-18/h6-7H,2-5,15H2,1H3,(H,17,19). The molecule has 1 saturated heterocycles. The number of halogens is 2. The van der Waals surface area contributed by atoms with Gasteiger partial charge in [0.05, 0.1) is 0 Å². The molecule has 0 bridgehead atoms. The smallest absolute Gasteiger partial charge is 0.265 e. The number of pyridine rings is 1. The molecule has 1 amide bonds. The van der Waals surface area contributed by atoms with Gasteiger partial charge in [-0.15, -0.1) is 0 Å². The number of hydrazine groups is 1. The second-order valence-corrected chi connectivity index (χ2v) is 4.67. The highest BCUT2D eigenvalue weighted by Gasteiger charge is 2.34. The Morgan fingerprint density at radius 2 is 2.05 bits per heavy atom. The Morgan fingerprint density at radius 3 is 2.63 bits per heavy atom. The van der Waals surface area contributed by atoms with E-state index in [0.717, 1.165) is 0 Å². The van der Waals surface area contributed by atoms with Crippen molar-refractivity contribution in [1.82, 2.24) is 10.4 Å². The minimum Gasteiger partial charge on any atom is -0.356 e. The van der Waals surface area contributed by atoms with E-state index in [-0.39, 0.29) is 25.9 Å². The summed E-state index contributed by atoms with van der Waals surface area (Å²) >= 11 is 0. The monoisotopic (exact) mass is 270 g/mol. The van der Waals surface area contributed by atoms with Gasteiger partial charge in [-0.05, 0) is 19.1 Å². The van der Waals surface area contributed by atoms with Gasteiger partial charge in [0.1, 0.15) is 5.82 Å². The molecule has 0 atom stereocenters. The number of hydrogen-bond donors (Lipinski definition) is 2. The van der Waals surface area contributed by atoms with Crippen molar-refractivity contribution >= 4 is 11.7 Å². The van der Waals surface area contributed by atoms with Crippen LogP contribution in [0.4, 0.5) is 14.6 Å². The maximum absolute atomic E-state index is 13.1. The number of nitrogens with zero attached hydrogens (tertiary/aromatic N) is 2. The van der Waals surface area contributed by atoms with Crippen molar-refractivity contribution in [2.75, 3.05) is 18.0 Å². The molecule has 2 heterocycles. The molecule has 1 aromatic rings. The molecular weight excluding hydrogens is 254 g/mol. The van der Waals surface area contributed by atoms with Crippen LogP contribution in [0, 0.1) is 6.92 Å². The van der Waals surface area contributed by atoms with E-state index in [1.807, 2.05) is 5.43 Å². The van der Waals surface area contributed by atoms with E-state index in [1.54, 1.807) is 24.0 Å². The molecule has 3 N–H and O–H groups in total. The SMILES string of the molecule is Cc1cc(C(=O)NN)cc(N2CCC(F)(F)CC2)n1. The largest absolute Gasteiger partial charge is 0.356 e. The third kappa shape index (κ3) is 3.17. The van der Waals surface area contributed by atoms with Crippen LogP contribution in [0.3, 0.4) is 0 Å². The number of hydrogen-bond acceptors (Lipinski definition) is 4. The van der Waals surface area contributed by atoms with E-state index in [1.165, 1.54) is 0 Å². The van der Waals surface area contributed by atoms with Crippen molar-refractivity contribution in [3.63, 3.8) is 0 Å². The van der Waals surface area contributed by atoms with E-state index >= 15 is 0 Å². The van der Waals surface area contributed by atoms with Crippen molar-refractivity contribution in [3.05, 3.63) is 23.4 Å². The molecule has 0 saturated carbocycles. The van der Waals surface area contributed by atoms with Crippen LogP contribution >= 0.6 is 0 Å². The zero-order valence-corrected chi connectivity index (χ0v) is 10.6.